The molecule has 0 heterocycles. The Balaban J connectivity index is 1.81. The number of carbonyl (C=O) groups is 2. The van der Waals surface area contributed by atoms with Gasteiger partial charge in [-0.15, -0.1) is 0 Å². The molecule has 0 aliphatic heterocycles. The summed E-state index contributed by atoms with van der Waals surface area (Å²) in [6.45, 7) is 2.88. The predicted octanol–water partition coefficient (Wildman–Crippen LogP) is 6.49. The maximum atomic E-state index is 14.4. The Morgan fingerprint density at radius 2 is 1.43 bits per heavy atom. The monoisotopic (exact) mass is 655 g/mol. The van der Waals surface area contributed by atoms with Gasteiger partial charge in [-0.2, -0.15) is 0 Å². The van der Waals surface area contributed by atoms with Gasteiger partial charge in [0, 0.05) is 19.0 Å². The minimum Gasteiger partial charge on any atom is -0.352 e. The minimum atomic E-state index is -4.28. The molecule has 0 bridgehead atoms. The van der Waals surface area contributed by atoms with E-state index in [0.717, 1.165) is 9.87 Å². The number of nitrogens with zero attached hydrogens (tertiary/aromatic N) is 2. The molecule has 7 nitrogen and oxygen atoms in total. The first-order chi connectivity index (χ1) is 21.0. The fourth-order valence-electron chi connectivity index (χ4n) is 4.61. The Bertz CT molecular complexity index is 1690. The van der Waals surface area contributed by atoms with Crippen molar-refractivity contribution in [2.45, 2.75) is 43.8 Å². The van der Waals surface area contributed by atoms with Crippen molar-refractivity contribution in [1.29, 1.82) is 0 Å². The molecule has 0 saturated heterocycles. The summed E-state index contributed by atoms with van der Waals surface area (Å²) in [5.41, 5.74) is 1.47. The molecule has 11 heteroatoms. The fourth-order valence-corrected chi connectivity index (χ4v) is 6.33. The van der Waals surface area contributed by atoms with Crippen LogP contribution in [0.5, 0.6) is 0 Å². The zero-order valence-electron chi connectivity index (χ0n) is 24.2. The SMILES string of the molecule is CC(C)NC(=O)C(Cc1ccccc1)N(Cc1ccc(F)cc1)C(=O)CN(c1ccc(Cl)c(Cl)c1)S(=O)(=O)c1ccccc1. The average Bonchev–Trinajstić information content (AvgIpc) is 3.00. The Kier molecular flexibility index (Phi) is 11.0. The van der Waals surface area contributed by atoms with Crippen molar-refractivity contribution >= 4 is 50.7 Å². The molecule has 0 aromatic heterocycles. The van der Waals surface area contributed by atoms with Gasteiger partial charge in [-0.25, -0.2) is 12.8 Å². The van der Waals surface area contributed by atoms with Gasteiger partial charge in [0.15, 0.2) is 0 Å². The first-order valence-corrected chi connectivity index (χ1v) is 16.1. The topological polar surface area (TPSA) is 86.8 Å². The third kappa shape index (κ3) is 8.37. The van der Waals surface area contributed by atoms with Crippen molar-refractivity contribution in [3.63, 3.8) is 0 Å². The molecule has 4 aromatic rings. The summed E-state index contributed by atoms with van der Waals surface area (Å²) in [6.07, 6.45) is 0.157. The van der Waals surface area contributed by atoms with Crippen molar-refractivity contribution < 1.29 is 22.4 Å². The molecule has 0 spiro atoms. The van der Waals surface area contributed by atoms with E-state index in [4.69, 9.17) is 23.2 Å². The van der Waals surface area contributed by atoms with E-state index < -0.39 is 40.2 Å². The van der Waals surface area contributed by atoms with E-state index in [1.165, 1.54) is 59.5 Å². The molecular weight excluding hydrogens is 624 g/mol. The summed E-state index contributed by atoms with van der Waals surface area (Å²) >= 11 is 12.4. The van der Waals surface area contributed by atoms with E-state index in [1.54, 1.807) is 18.2 Å². The second-order valence-corrected chi connectivity index (χ2v) is 13.1. The number of carbonyl (C=O) groups excluding carboxylic acids is 2. The molecule has 1 atom stereocenters. The van der Waals surface area contributed by atoms with Crippen LogP contribution >= 0.6 is 23.2 Å². The van der Waals surface area contributed by atoms with Gasteiger partial charge in [-0.1, -0.05) is 83.9 Å². The summed E-state index contributed by atoms with van der Waals surface area (Å²) in [5, 5.41) is 3.21. The van der Waals surface area contributed by atoms with Crippen LogP contribution in [-0.2, 0) is 32.6 Å². The fraction of sp³-hybridized carbons (Fsp3) is 0.212. The number of amides is 2. The molecule has 0 saturated carbocycles. The summed E-state index contributed by atoms with van der Waals surface area (Å²) in [7, 11) is -4.28. The number of benzene rings is 4. The number of sulfonamides is 1. The lowest BCUT2D eigenvalue weighted by atomic mass is 10.0. The lowest BCUT2D eigenvalue weighted by molar-refractivity contribution is -0.140. The summed E-state index contributed by atoms with van der Waals surface area (Å²) < 4.78 is 42.7. The third-order valence-electron chi connectivity index (χ3n) is 6.77. The minimum absolute atomic E-state index is 0.0395. The quantitative estimate of drug-likeness (QED) is 0.189. The molecule has 0 aliphatic rings. The predicted molar refractivity (Wildman–Crippen MR) is 172 cm³/mol. The van der Waals surface area contributed by atoms with E-state index in [0.29, 0.717) is 5.56 Å². The number of anilines is 1. The van der Waals surface area contributed by atoms with E-state index in [-0.39, 0.29) is 39.6 Å². The van der Waals surface area contributed by atoms with E-state index in [1.807, 2.05) is 44.2 Å². The first-order valence-electron chi connectivity index (χ1n) is 13.9. The van der Waals surface area contributed by atoms with Crippen LogP contribution in [0.1, 0.15) is 25.0 Å². The van der Waals surface area contributed by atoms with Gasteiger partial charge in [-0.3, -0.25) is 13.9 Å². The largest absolute Gasteiger partial charge is 0.352 e. The van der Waals surface area contributed by atoms with Gasteiger partial charge in [0.2, 0.25) is 11.8 Å². The molecule has 0 aliphatic carbocycles. The van der Waals surface area contributed by atoms with Crippen molar-refractivity contribution in [2.75, 3.05) is 10.8 Å². The smallest absolute Gasteiger partial charge is 0.264 e. The highest BCUT2D eigenvalue weighted by molar-refractivity contribution is 7.92. The highest BCUT2D eigenvalue weighted by atomic mass is 35.5. The number of hydrogen-bond acceptors (Lipinski definition) is 4. The van der Waals surface area contributed by atoms with Gasteiger partial charge in [0.1, 0.15) is 18.4 Å². The zero-order valence-corrected chi connectivity index (χ0v) is 26.5. The lowest BCUT2D eigenvalue weighted by Gasteiger charge is -2.34. The second kappa shape index (κ2) is 14.7. The second-order valence-electron chi connectivity index (χ2n) is 10.4. The van der Waals surface area contributed by atoms with Crippen LogP contribution in [0.3, 0.4) is 0 Å². The molecule has 0 fully saturated rings. The Hall–Kier alpha value is -3.92. The number of rotatable bonds is 12. The number of hydrogen-bond donors (Lipinski definition) is 1. The van der Waals surface area contributed by atoms with E-state index >= 15 is 0 Å². The normalized spacial score (nSPS) is 12.0. The van der Waals surface area contributed by atoms with Crippen molar-refractivity contribution in [2.24, 2.45) is 0 Å². The average molecular weight is 657 g/mol. The molecule has 0 radical (unpaired) electrons. The molecule has 1 unspecified atom stereocenters. The number of halogens is 3. The number of nitrogens with one attached hydrogen (secondary N) is 1. The van der Waals surface area contributed by atoms with Crippen LogP contribution < -0.4 is 9.62 Å². The molecule has 4 rings (SSSR count). The highest BCUT2D eigenvalue weighted by Crippen LogP contribution is 2.31. The molecule has 2 amide bonds. The maximum absolute atomic E-state index is 14.4. The van der Waals surface area contributed by atoms with Crippen LogP contribution in [0.25, 0.3) is 0 Å². The van der Waals surface area contributed by atoms with Crippen molar-refractivity contribution in [1.82, 2.24) is 10.2 Å². The molecule has 230 valence electrons. The maximum Gasteiger partial charge on any atom is 0.264 e. The first kappa shape index (κ1) is 33.0. The van der Waals surface area contributed by atoms with Crippen LogP contribution in [0.15, 0.2) is 108 Å². The Labute approximate surface area is 267 Å². The van der Waals surface area contributed by atoms with Crippen LogP contribution in [0, 0.1) is 5.82 Å². The Morgan fingerprint density at radius 1 is 0.818 bits per heavy atom. The van der Waals surface area contributed by atoms with Crippen molar-refractivity contribution in [3.05, 3.63) is 130 Å². The molecule has 44 heavy (non-hydrogen) atoms. The summed E-state index contributed by atoms with van der Waals surface area (Å²) in [4.78, 5) is 29.3. The van der Waals surface area contributed by atoms with Gasteiger partial charge in [-0.05, 0) is 67.4 Å². The van der Waals surface area contributed by atoms with Gasteiger partial charge in [0.25, 0.3) is 10.0 Å². The van der Waals surface area contributed by atoms with Gasteiger partial charge in [0.05, 0.1) is 20.6 Å². The molecule has 1 N–H and O–H groups in total. The van der Waals surface area contributed by atoms with E-state index in [2.05, 4.69) is 5.32 Å². The van der Waals surface area contributed by atoms with Crippen molar-refractivity contribution in [3.8, 4) is 0 Å². The Morgan fingerprint density at radius 3 is 2.02 bits per heavy atom. The van der Waals surface area contributed by atoms with Gasteiger partial charge >= 0.3 is 0 Å². The van der Waals surface area contributed by atoms with Crippen LogP contribution in [0.2, 0.25) is 10.0 Å². The highest BCUT2D eigenvalue weighted by Gasteiger charge is 2.35. The summed E-state index contributed by atoms with van der Waals surface area (Å²) in [5.74, 6) is -1.52. The van der Waals surface area contributed by atoms with E-state index in [9.17, 15) is 22.4 Å². The lowest BCUT2D eigenvalue weighted by Crippen LogP contribution is -2.54. The third-order valence-corrected chi connectivity index (χ3v) is 9.30. The van der Waals surface area contributed by atoms with Crippen LogP contribution in [0.4, 0.5) is 10.1 Å². The van der Waals surface area contributed by atoms with Gasteiger partial charge < -0.3 is 10.2 Å². The standard InChI is InChI=1S/C33H32Cl2FN3O4S/c1-23(2)37-33(41)31(19-24-9-5-3-6-10-24)38(21-25-13-15-26(36)16-14-25)32(40)22-39(27-17-18-29(34)30(35)20-27)44(42,43)28-11-7-4-8-12-28/h3-18,20,23,31H,19,21-22H2,1-2H3,(H,37,41). The molecule has 4 aromatic carbocycles. The zero-order chi connectivity index (χ0) is 31.9. The summed E-state index contributed by atoms with van der Waals surface area (Å²) in [6, 6.07) is 25.5. The molecular formula is C33H32Cl2FN3O4S. The van der Waals surface area contributed by atoms with Crippen LogP contribution in [-0.4, -0.2) is 43.8 Å².